The third-order valence-corrected chi connectivity index (χ3v) is 11.1. The van der Waals surface area contributed by atoms with Crippen LogP contribution in [0, 0.1) is 18.8 Å². The maximum absolute atomic E-state index is 6.69. The molecule has 0 fully saturated rings. The first-order valence-electron chi connectivity index (χ1n) is 19.5. The number of hydrogen-bond donors (Lipinski definition) is 0. The van der Waals surface area contributed by atoms with Crippen LogP contribution in [0.5, 0.6) is 11.5 Å². The molecular weight excluding hydrogens is 908 g/mol. The SMILES string of the molecule is CC(C)(C)c1ccnc(N2c3[c-]c(Oc4[c-]c(N5[CH-]N(c6cccc7c6oc6ccccc67)c6ccccc65)ccc4)ccc3-c3ccccc3-c3ccccc32)c1.[Pt]. The van der Waals surface area contributed by atoms with Gasteiger partial charge in [0, 0.05) is 66.5 Å². The summed E-state index contributed by atoms with van der Waals surface area (Å²) in [6, 6.07) is 61.7. The minimum absolute atomic E-state index is 0. The van der Waals surface area contributed by atoms with E-state index in [9.17, 15) is 0 Å². The smallest absolute Gasteiger partial charge is 0.156 e. The molecule has 0 bridgehead atoms. The van der Waals surface area contributed by atoms with E-state index in [4.69, 9.17) is 14.1 Å². The van der Waals surface area contributed by atoms with Gasteiger partial charge in [0.05, 0.1) is 11.4 Å². The number of fused-ring (bicyclic) bond motifs is 9. The maximum Gasteiger partial charge on any atom is 0.156 e. The quantitative estimate of drug-likeness (QED) is 0.160. The number of pyridine rings is 1. The van der Waals surface area contributed by atoms with Gasteiger partial charge in [-0.15, -0.1) is 48.3 Å². The van der Waals surface area contributed by atoms with Crippen molar-refractivity contribution in [1.29, 1.82) is 0 Å². The van der Waals surface area contributed by atoms with Gasteiger partial charge < -0.3 is 23.9 Å². The normalized spacial score (nSPS) is 13.0. The van der Waals surface area contributed by atoms with Crippen molar-refractivity contribution in [3.63, 3.8) is 0 Å². The van der Waals surface area contributed by atoms with Crippen molar-refractivity contribution in [2.45, 2.75) is 26.2 Å². The molecule has 4 heterocycles. The van der Waals surface area contributed by atoms with Crippen LogP contribution in [0.15, 0.2) is 168 Å². The van der Waals surface area contributed by atoms with Gasteiger partial charge in [-0.3, -0.25) is 0 Å². The number of rotatable bonds is 5. The van der Waals surface area contributed by atoms with Crippen molar-refractivity contribution in [3.05, 3.63) is 188 Å². The first-order valence-corrected chi connectivity index (χ1v) is 19.5. The molecule has 0 spiro atoms. The molecule has 7 heteroatoms. The van der Waals surface area contributed by atoms with Gasteiger partial charge in [-0.2, -0.15) is 12.1 Å². The van der Waals surface area contributed by atoms with Crippen molar-refractivity contribution >= 4 is 61.9 Å². The van der Waals surface area contributed by atoms with Crippen molar-refractivity contribution in [1.82, 2.24) is 4.98 Å². The Morgan fingerprint density at radius 1 is 0.576 bits per heavy atom. The molecule has 0 N–H and O–H groups in total. The Balaban J connectivity index is 0.00000420. The number of hydrogen-bond acceptors (Lipinski definition) is 6. The third-order valence-electron chi connectivity index (χ3n) is 11.1. The van der Waals surface area contributed by atoms with Crippen LogP contribution in [0.25, 0.3) is 44.2 Å². The molecule has 2 aromatic heterocycles. The standard InChI is InChI=1S/C52H37N4O2.Pt/c1-52(2,3)34-28-29-53-50(30-34)56-44-21-8-6-18-40(44)38-16-4-5-17-39(38)41-27-26-37(32-48(41)56)57-36-15-12-14-35(31-36)54-33-55(46-23-10-9-22-45(46)54)47-24-13-20-43-42-19-7-11-25-49(42)58-51(43)47;/h4-30,33H,1-3H3;/q-3;. The summed E-state index contributed by atoms with van der Waals surface area (Å²) in [5.41, 5.74) is 13.1. The van der Waals surface area contributed by atoms with Crippen molar-refractivity contribution in [3.8, 4) is 33.8 Å². The molecule has 0 saturated carbocycles. The van der Waals surface area contributed by atoms with E-state index in [-0.39, 0.29) is 26.5 Å². The van der Waals surface area contributed by atoms with E-state index in [1.165, 1.54) is 5.56 Å². The largest absolute Gasteiger partial charge is 0.509 e. The molecule has 9 aromatic rings. The van der Waals surface area contributed by atoms with Crippen molar-refractivity contribution in [2.24, 2.45) is 0 Å². The van der Waals surface area contributed by atoms with E-state index in [1.54, 1.807) is 0 Å². The van der Waals surface area contributed by atoms with Gasteiger partial charge in [0.2, 0.25) is 0 Å². The van der Waals surface area contributed by atoms with Gasteiger partial charge in [-0.05, 0) is 59.0 Å². The van der Waals surface area contributed by atoms with Crippen LogP contribution in [-0.2, 0) is 26.5 Å². The minimum Gasteiger partial charge on any atom is -0.509 e. The van der Waals surface area contributed by atoms with Crippen LogP contribution >= 0.6 is 0 Å². The van der Waals surface area contributed by atoms with Crippen LogP contribution in [0.1, 0.15) is 26.3 Å². The predicted octanol–water partition coefficient (Wildman–Crippen LogP) is 14.2. The Bertz CT molecular complexity index is 3060. The Morgan fingerprint density at radius 3 is 2.03 bits per heavy atom. The zero-order valence-corrected chi connectivity index (χ0v) is 34.9. The van der Waals surface area contributed by atoms with Crippen LogP contribution in [0.3, 0.4) is 0 Å². The Kier molecular flexibility index (Phi) is 8.92. The Hall–Kier alpha value is -6.62. The molecule has 0 unspecified atom stereocenters. The maximum atomic E-state index is 6.69. The predicted molar refractivity (Wildman–Crippen MR) is 235 cm³/mol. The van der Waals surface area contributed by atoms with E-state index in [0.717, 1.165) is 84.1 Å². The fraction of sp³-hybridized carbons (Fsp3) is 0.0769. The van der Waals surface area contributed by atoms with Crippen molar-refractivity contribution < 1.29 is 30.2 Å². The molecule has 2 aliphatic heterocycles. The Labute approximate surface area is 358 Å². The molecule has 0 saturated heterocycles. The number of ether oxygens (including phenoxy) is 1. The number of anilines is 7. The number of benzene rings is 7. The second-order valence-electron chi connectivity index (χ2n) is 15.7. The Morgan fingerprint density at radius 2 is 1.22 bits per heavy atom. The van der Waals surface area contributed by atoms with Crippen LogP contribution in [0.4, 0.5) is 39.9 Å². The third kappa shape index (κ3) is 6.18. The summed E-state index contributed by atoms with van der Waals surface area (Å²) in [5.74, 6) is 1.97. The number of nitrogens with zero attached hydrogens (tertiary/aromatic N) is 4. The van der Waals surface area contributed by atoms with E-state index in [1.807, 2.05) is 42.6 Å². The zero-order chi connectivity index (χ0) is 39.0. The van der Waals surface area contributed by atoms with Crippen LogP contribution in [0.2, 0.25) is 0 Å². The summed E-state index contributed by atoms with van der Waals surface area (Å²) in [6.07, 6.45) is 1.91. The molecule has 11 rings (SSSR count). The minimum atomic E-state index is -0.0601. The average Bonchev–Trinajstić information content (AvgIpc) is 3.80. The van der Waals surface area contributed by atoms with Gasteiger partial charge >= 0.3 is 0 Å². The molecule has 0 aliphatic carbocycles. The summed E-state index contributed by atoms with van der Waals surface area (Å²) in [5, 5.41) is 2.18. The van der Waals surface area contributed by atoms with E-state index in [0.29, 0.717) is 11.5 Å². The molecule has 2 aliphatic rings. The first-order chi connectivity index (χ1) is 28.4. The van der Waals surface area contributed by atoms with Gasteiger partial charge in [-0.25, -0.2) is 4.98 Å². The van der Waals surface area contributed by atoms with E-state index < -0.39 is 0 Å². The average molecular weight is 945 g/mol. The monoisotopic (exact) mass is 944 g/mol. The number of aromatic nitrogens is 1. The second kappa shape index (κ2) is 14.3. The summed E-state index contributed by atoms with van der Waals surface area (Å²) in [6.45, 7) is 8.78. The zero-order valence-electron chi connectivity index (χ0n) is 32.6. The van der Waals surface area contributed by atoms with Gasteiger partial charge in [0.1, 0.15) is 11.4 Å². The summed E-state index contributed by atoms with van der Waals surface area (Å²) < 4.78 is 13.1. The summed E-state index contributed by atoms with van der Waals surface area (Å²) >= 11 is 0. The van der Waals surface area contributed by atoms with Gasteiger partial charge in [0.25, 0.3) is 0 Å². The van der Waals surface area contributed by atoms with Crippen LogP contribution < -0.4 is 19.4 Å². The second-order valence-corrected chi connectivity index (χ2v) is 15.7. The van der Waals surface area contributed by atoms with E-state index >= 15 is 0 Å². The summed E-state index contributed by atoms with van der Waals surface area (Å²) in [4.78, 5) is 11.5. The van der Waals surface area contributed by atoms with Crippen molar-refractivity contribution in [2.75, 3.05) is 14.7 Å². The molecule has 0 radical (unpaired) electrons. The number of para-hydroxylation sites is 5. The molecule has 59 heavy (non-hydrogen) atoms. The fourth-order valence-corrected chi connectivity index (χ4v) is 8.30. The number of furan rings is 1. The molecule has 0 amide bonds. The molecular formula is C52H37N4O2Pt-3. The van der Waals surface area contributed by atoms with Crippen LogP contribution in [-0.4, -0.2) is 4.98 Å². The topological polar surface area (TPSA) is 45.0 Å². The first kappa shape index (κ1) is 36.7. The summed E-state index contributed by atoms with van der Waals surface area (Å²) in [7, 11) is 0. The molecule has 7 aromatic carbocycles. The molecule has 290 valence electrons. The van der Waals surface area contributed by atoms with E-state index in [2.05, 4.69) is 176 Å². The van der Waals surface area contributed by atoms with Gasteiger partial charge in [0.15, 0.2) is 5.58 Å². The molecule has 0 atom stereocenters. The van der Waals surface area contributed by atoms with Gasteiger partial charge in [-0.1, -0.05) is 117 Å². The molecule has 6 nitrogen and oxygen atoms in total. The fourth-order valence-electron chi connectivity index (χ4n) is 8.30.